The molecule has 0 atom stereocenters. The van der Waals surface area contributed by atoms with E-state index in [0.29, 0.717) is 0 Å². The summed E-state index contributed by atoms with van der Waals surface area (Å²) in [7, 11) is 1.65. The molecule has 90 valence electrons. The summed E-state index contributed by atoms with van der Waals surface area (Å²) in [5.41, 5.74) is 7.88. The Morgan fingerprint density at radius 1 is 1.35 bits per heavy atom. The van der Waals surface area contributed by atoms with Crippen molar-refractivity contribution in [3.05, 3.63) is 24.3 Å². The first-order valence-electron chi connectivity index (χ1n) is 5.28. The number of anilines is 1. The van der Waals surface area contributed by atoms with E-state index in [1.54, 1.807) is 30.2 Å². The highest BCUT2D eigenvalue weighted by atomic mass is 32.2. The van der Waals surface area contributed by atoms with Crippen LogP contribution in [-0.2, 0) is 0 Å². The lowest BCUT2D eigenvalue weighted by Crippen LogP contribution is -1.87. The summed E-state index contributed by atoms with van der Waals surface area (Å²) >= 11 is 3.26. The third-order valence-corrected chi connectivity index (χ3v) is 4.17. The number of rotatable bonds is 4. The number of benzene rings is 1. The van der Waals surface area contributed by atoms with Gasteiger partial charge in [0.05, 0.1) is 7.11 Å². The van der Waals surface area contributed by atoms with Gasteiger partial charge in [-0.25, -0.2) is 4.98 Å². The second kappa shape index (κ2) is 5.42. The number of methoxy groups -OCH3 is 1. The van der Waals surface area contributed by atoms with Gasteiger partial charge in [-0.2, -0.15) is 0 Å². The lowest BCUT2D eigenvalue weighted by Gasteiger charge is -2.01. The minimum Gasteiger partial charge on any atom is -0.497 e. The minimum absolute atomic E-state index is 0.770. The molecular weight excluding hydrogens is 252 g/mol. The molecular formula is C12H14N2OS2. The number of thiazole rings is 1. The van der Waals surface area contributed by atoms with Crippen LogP contribution in [0.1, 0.15) is 6.92 Å². The zero-order valence-electron chi connectivity index (χ0n) is 9.77. The van der Waals surface area contributed by atoms with Crippen LogP contribution in [0.15, 0.2) is 28.6 Å². The van der Waals surface area contributed by atoms with Gasteiger partial charge in [-0.1, -0.05) is 30.0 Å². The molecule has 0 saturated carbocycles. The first-order valence-corrected chi connectivity index (χ1v) is 7.08. The molecule has 1 heterocycles. The third kappa shape index (κ3) is 2.73. The molecule has 0 unspecified atom stereocenters. The summed E-state index contributed by atoms with van der Waals surface area (Å²) in [6.07, 6.45) is 0. The van der Waals surface area contributed by atoms with Gasteiger partial charge in [-0.05, 0) is 30.0 Å². The third-order valence-electron chi connectivity index (χ3n) is 2.27. The zero-order valence-corrected chi connectivity index (χ0v) is 11.4. The van der Waals surface area contributed by atoms with E-state index >= 15 is 0 Å². The van der Waals surface area contributed by atoms with Crippen molar-refractivity contribution in [3.63, 3.8) is 0 Å². The molecule has 0 aliphatic heterocycles. The predicted octanol–water partition coefficient (Wildman–Crippen LogP) is 3.51. The molecule has 0 saturated heterocycles. The van der Waals surface area contributed by atoms with Gasteiger partial charge >= 0.3 is 0 Å². The Bertz CT molecular complexity index is 494. The van der Waals surface area contributed by atoms with E-state index in [1.807, 2.05) is 24.3 Å². The van der Waals surface area contributed by atoms with Gasteiger partial charge in [-0.3, -0.25) is 0 Å². The predicted molar refractivity (Wildman–Crippen MR) is 74.9 cm³/mol. The molecule has 2 aromatic rings. The highest BCUT2D eigenvalue weighted by molar-refractivity contribution is 8.01. The first-order chi connectivity index (χ1) is 8.24. The van der Waals surface area contributed by atoms with Crippen LogP contribution in [0.4, 0.5) is 5.00 Å². The number of nitrogens with zero attached hydrogens (tertiary/aromatic N) is 1. The summed E-state index contributed by atoms with van der Waals surface area (Å²) in [5, 5.41) is 0.770. The fourth-order valence-electron chi connectivity index (χ4n) is 1.45. The molecule has 0 amide bonds. The Hall–Kier alpha value is -1.20. The number of nitrogen functional groups attached to an aromatic ring is 1. The van der Waals surface area contributed by atoms with E-state index < -0.39 is 0 Å². The first kappa shape index (κ1) is 12.3. The largest absolute Gasteiger partial charge is 0.497 e. The van der Waals surface area contributed by atoms with Crippen molar-refractivity contribution in [2.45, 2.75) is 11.3 Å². The normalized spacial score (nSPS) is 10.5. The molecule has 2 rings (SSSR count). The second-order valence-electron chi connectivity index (χ2n) is 3.35. The Morgan fingerprint density at radius 3 is 2.65 bits per heavy atom. The highest BCUT2D eigenvalue weighted by Gasteiger charge is 2.10. The van der Waals surface area contributed by atoms with Crippen molar-refractivity contribution in [1.82, 2.24) is 4.98 Å². The Balaban J connectivity index is 2.31. The molecule has 0 spiro atoms. The van der Waals surface area contributed by atoms with Crippen LogP contribution >= 0.6 is 23.1 Å². The van der Waals surface area contributed by atoms with Gasteiger partial charge in [-0.15, -0.1) is 0 Å². The molecule has 5 heteroatoms. The van der Waals surface area contributed by atoms with Gasteiger partial charge in [0, 0.05) is 5.56 Å². The Labute approximate surface area is 109 Å². The van der Waals surface area contributed by atoms with Crippen molar-refractivity contribution < 1.29 is 4.74 Å². The maximum Gasteiger partial charge on any atom is 0.152 e. The maximum absolute atomic E-state index is 5.99. The van der Waals surface area contributed by atoms with E-state index in [2.05, 4.69) is 11.9 Å². The summed E-state index contributed by atoms with van der Waals surface area (Å²) in [6.45, 7) is 2.11. The maximum atomic E-state index is 5.99. The molecule has 3 nitrogen and oxygen atoms in total. The van der Waals surface area contributed by atoms with Crippen molar-refractivity contribution in [1.29, 1.82) is 0 Å². The molecule has 1 aromatic carbocycles. The fourth-order valence-corrected chi connectivity index (χ4v) is 3.30. The average Bonchev–Trinajstić information content (AvgIpc) is 2.71. The fraction of sp³-hybridized carbons (Fsp3) is 0.250. The number of nitrogens with two attached hydrogens (primary N) is 1. The smallest absolute Gasteiger partial charge is 0.152 e. The second-order valence-corrected chi connectivity index (χ2v) is 5.90. The number of hydrogen-bond acceptors (Lipinski definition) is 5. The van der Waals surface area contributed by atoms with Crippen molar-refractivity contribution in [2.24, 2.45) is 0 Å². The van der Waals surface area contributed by atoms with Crippen LogP contribution in [0, 0.1) is 0 Å². The van der Waals surface area contributed by atoms with Crippen LogP contribution in [0.25, 0.3) is 11.3 Å². The van der Waals surface area contributed by atoms with Crippen LogP contribution in [0.3, 0.4) is 0 Å². The number of ether oxygens (including phenoxy) is 1. The number of hydrogen-bond donors (Lipinski definition) is 1. The number of aromatic nitrogens is 1. The highest BCUT2D eigenvalue weighted by Crippen LogP contribution is 2.35. The molecule has 0 aliphatic carbocycles. The molecule has 0 aliphatic rings. The monoisotopic (exact) mass is 266 g/mol. The van der Waals surface area contributed by atoms with Crippen LogP contribution in [-0.4, -0.2) is 17.8 Å². The van der Waals surface area contributed by atoms with Gasteiger partial charge in [0.25, 0.3) is 0 Å². The van der Waals surface area contributed by atoms with Gasteiger partial charge in [0.15, 0.2) is 4.34 Å². The van der Waals surface area contributed by atoms with Gasteiger partial charge in [0.1, 0.15) is 16.4 Å². The van der Waals surface area contributed by atoms with Crippen LogP contribution in [0.5, 0.6) is 5.75 Å². The summed E-state index contributed by atoms with van der Waals surface area (Å²) in [6, 6.07) is 7.79. The van der Waals surface area contributed by atoms with Crippen LogP contribution < -0.4 is 10.5 Å². The summed E-state index contributed by atoms with van der Waals surface area (Å²) < 4.78 is 6.15. The SMILES string of the molecule is CCSc1nc(-c2ccc(OC)cc2)c(N)s1. The van der Waals surface area contributed by atoms with Gasteiger partial charge in [0.2, 0.25) is 0 Å². The zero-order chi connectivity index (χ0) is 12.3. The van der Waals surface area contributed by atoms with Crippen molar-refractivity contribution in [3.8, 4) is 17.0 Å². The molecule has 0 bridgehead atoms. The van der Waals surface area contributed by atoms with Crippen LogP contribution in [0.2, 0.25) is 0 Å². The standard InChI is InChI=1S/C12H14N2OS2/c1-3-16-12-14-10(11(13)17-12)8-4-6-9(15-2)7-5-8/h4-7H,3,13H2,1-2H3. The van der Waals surface area contributed by atoms with Gasteiger partial charge < -0.3 is 10.5 Å². The minimum atomic E-state index is 0.770. The van der Waals surface area contributed by atoms with E-state index in [9.17, 15) is 0 Å². The topological polar surface area (TPSA) is 48.1 Å². The number of thioether (sulfide) groups is 1. The van der Waals surface area contributed by atoms with Crippen molar-refractivity contribution >= 4 is 28.1 Å². The molecule has 2 N–H and O–H groups in total. The average molecular weight is 266 g/mol. The quantitative estimate of drug-likeness (QED) is 0.860. The molecule has 17 heavy (non-hydrogen) atoms. The summed E-state index contributed by atoms with van der Waals surface area (Å²) in [4.78, 5) is 4.54. The molecule has 0 fully saturated rings. The van der Waals surface area contributed by atoms with E-state index in [-0.39, 0.29) is 0 Å². The molecule has 0 radical (unpaired) electrons. The van der Waals surface area contributed by atoms with Crippen molar-refractivity contribution in [2.75, 3.05) is 18.6 Å². The lowest BCUT2D eigenvalue weighted by atomic mass is 10.1. The lowest BCUT2D eigenvalue weighted by molar-refractivity contribution is 0.415. The Kier molecular flexibility index (Phi) is 3.91. The molecule has 1 aromatic heterocycles. The Morgan fingerprint density at radius 2 is 2.06 bits per heavy atom. The summed E-state index contributed by atoms with van der Waals surface area (Å²) in [5.74, 6) is 1.85. The van der Waals surface area contributed by atoms with E-state index in [4.69, 9.17) is 10.5 Å². The van der Waals surface area contributed by atoms with E-state index in [0.717, 1.165) is 32.1 Å². The van der Waals surface area contributed by atoms with E-state index in [1.165, 1.54) is 0 Å².